The number of alkyl carbamates (subject to hydrolysis) is 1. The van der Waals surface area contributed by atoms with Crippen molar-refractivity contribution >= 4 is 6.09 Å². The summed E-state index contributed by atoms with van der Waals surface area (Å²) >= 11 is 0. The average Bonchev–Trinajstić information content (AvgIpc) is 2.66. The van der Waals surface area contributed by atoms with Crippen molar-refractivity contribution in [1.82, 2.24) is 15.3 Å². The highest BCUT2D eigenvalue weighted by molar-refractivity contribution is 5.67. The summed E-state index contributed by atoms with van der Waals surface area (Å²) in [7, 11) is 0. The van der Waals surface area contributed by atoms with E-state index in [1.165, 1.54) is 12.4 Å². The number of imidazole rings is 1. The van der Waals surface area contributed by atoms with Crippen LogP contribution in [0.2, 0.25) is 0 Å². The molecule has 1 amide bonds. The molecule has 8 heteroatoms. The fraction of sp³-hybridized carbons (Fsp3) is 0.500. The summed E-state index contributed by atoms with van der Waals surface area (Å²) in [6, 6.07) is -0.546. The van der Waals surface area contributed by atoms with Gasteiger partial charge in [-0.2, -0.15) is 13.2 Å². The standard InChI is InChI=1S/C8H10F3N3O2/c1-5(6-12-2-3-13-6)14-7(15)16-4-8(9,10)11/h2-3,5H,4H2,1H3,(H,12,13)(H,14,15). The lowest BCUT2D eigenvalue weighted by molar-refractivity contribution is -0.160. The van der Waals surface area contributed by atoms with Crippen molar-refractivity contribution < 1.29 is 22.7 Å². The third-order valence-corrected chi connectivity index (χ3v) is 1.63. The summed E-state index contributed by atoms with van der Waals surface area (Å²) in [5.41, 5.74) is 0. The monoisotopic (exact) mass is 237 g/mol. The van der Waals surface area contributed by atoms with Crippen LogP contribution in [0.4, 0.5) is 18.0 Å². The van der Waals surface area contributed by atoms with E-state index in [2.05, 4.69) is 20.0 Å². The quantitative estimate of drug-likeness (QED) is 0.841. The van der Waals surface area contributed by atoms with Crippen molar-refractivity contribution in [1.29, 1.82) is 0 Å². The number of ether oxygens (including phenoxy) is 1. The van der Waals surface area contributed by atoms with Crippen molar-refractivity contribution in [2.75, 3.05) is 6.61 Å². The van der Waals surface area contributed by atoms with Gasteiger partial charge in [-0.25, -0.2) is 9.78 Å². The van der Waals surface area contributed by atoms with E-state index in [4.69, 9.17) is 0 Å². The van der Waals surface area contributed by atoms with Gasteiger partial charge < -0.3 is 15.0 Å². The third-order valence-electron chi connectivity index (χ3n) is 1.63. The lowest BCUT2D eigenvalue weighted by atomic mass is 10.3. The molecule has 0 saturated heterocycles. The highest BCUT2D eigenvalue weighted by Crippen LogP contribution is 2.14. The highest BCUT2D eigenvalue weighted by atomic mass is 19.4. The number of hydrogen-bond donors (Lipinski definition) is 2. The Hall–Kier alpha value is -1.73. The van der Waals surface area contributed by atoms with E-state index in [-0.39, 0.29) is 0 Å². The second kappa shape index (κ2) is 4.86. The molecule has 5 nitrogen and oxygen atoms in total. The van der Waals surface area contributed by atoms with Gasteiger partial charge in [0.15, 0.2) is 6.61 Å². The zero-order valence-corrected chi connectivity index (χ0v) is 8.34. The zero-order valence-electron chi connectivity index (χ0n) is 8.34. The summed E-state index contributed by atoms with van der Waals surface area (Å²) < 4.78 is 39.1. The minimum atomic E-state index is -4.52. The number of alkyl halides is 3. The van der Waals surface area contributed by atoms with E-state index >= 15 is 0 Å². The molecule has 0 fully saturated rings. The van der Waals surface area contributed by atoms with Crippen LogP contribution >= 0.6 is 0 Å². The molecule has 0 aliphatic heterocycles. The van der Waals surface area contributed by atoms with E-state index in [1.807, 2.05) is 0 Å². The molecule has 1 rings (SSSR count). The maximum atomic E-state index is 11.7. The molecule has 1 unspecified atom stereocenters. The molecule has 0 radical (unpaired) electrons. The average molecular weight is 237 g/mol. The number of aromatic nitrogens is 2. The summed E-state index contributed by atoms with van der Waals surface area (Å²) in [5, 5.41) is 2.20. The summed E-state index contributed by atoms with van der Waals surface area (Å²) in [6.45, 7) is -0.0443. The van der Waals surface area contributed by atoms with E-state index in [1.54, 1.807) is 6.92 Å². The summed E-state index contributed by atoms with van der Waals surface area (Å²) in [5.74, 6) is 0.434. The van der Waals surface area contributed by atoms with E-state index in [0.717, 1.165) is 0 Å². The van der Waals surface area contributed by atoms with Crippen molar-refractivity contribution in [3.63, 3.8) is 0 Å². The van der Waals surface area contributed by atoms with Crippen molar-refractivity contribution in [2.24, 2.45) is 0 Å². The topological polar surface area (TPSA) is 67.0 Å². The Balaban J connectivity index is 2.35. The van der Waals surface area contributed by atoms with Crippen LogP contribution in [0.5, 0.6) is 0 Å². The molecule has 1 atom stereocenters. The smallest absolute Gasteiger partial charge is 0.422 e. The van der Waals surface area contributed by atoms with Gasteiger partial charge in [-0.05, 0) is 6.92 Å². The number of nitrogens with zero attached hydrogens (tertiary/aromatic N) is 1. The van der Waals surface area contributed by atoms with Crippen LogP contribution in [0, 0.1) is 0 Å². The van der Waals surface area contributed by atoms with Gasteiger partial charge in [0.05, 0.1) is 6.04 Å². The van der Waals surface area contributed by atoms with Gasteiger partial charge in [0.25, 0.3) is 0 Å². The molecule has 1 aromatic rings. The first-order chi connectivity index (χ1) is 7.38. The lowest BCUT2D eigenvalue weighted by Gasteiger charge is -2.12. The molecule has 0 aliphatic carbocycles. The number of H-pyrrole nitrogens is 1. The molecular formula is C8H10F3N3O2. The molecule has 1 aromatic heterocycles. The third kappa shape index (κ3) is 4.20. The first kappa shape index (κ1) is 12.3. The van der Waals surface area contributed by atoms with Crippen LogP contribution < -0.4 is 5.32 Å². The van der Waals surface area contributed by atoms with Gasteiger partial charge in [-0.3, -0.25) is 0 Å². The van der Waals surface area contributed by atoms with E-state index in [0.29, 0.717) is 5.82 Å². The summed E-state index contributed by atoms with van der Waals surface area (Å²) in [4.78, 5) is 17.5. The predicted molar refractivity (Wildman–Crippen MR) is 47.5 cm³/mol. The number of carbonyl (C=O) groups excluding carboxylic acids is 1. The fourth-order valence-corrected chi connectivity index (χ4v) is 0.948. The number of rotatable bonds is 3. The van der Waals surface area contributed by atoms with Gasteiger partial charge >= 0.3 is 12.3 Å². The minimum absolute atomic E-state index is 0.434. The van der Waals surface area contributed by atoms with E-state index in [9.17, 15) is 18.0 Å². The van der Waals surface area contributed by atoms with Crippen molar-refractivity contribution in [3.8, 4) is 0 Å². The van der Waals surface area contributed by atoms with Crippen LogP contribution in [0.3, 0.4) is 0 Å². The predicted octanol–water partition coefficient (Wildman–Crippen LogP) is 1.76. The Morgan fingerprint density at radius 3 is 2.88 bits per heavy atom. The van der Waals surface area contributed by atoms with Crippen LogP contribution in [-0.4, -0.2) is 28.8 Å². The Morgan fingerprint density at radius 2 is 2.38 bits per heavy atom. The largest absolute Gasteiger partial charge is 0.440 e. The number of amides is 1. The van der Waals surface area contributed by atoms with E-state index < -0.39 is 24.9 Å². The molecule has 0 saturated carbocycles. The van der Waals surface area contributed by atoms with Crippen molar-refractivity contribution in [3.05, 3.63) is 18.2 Å². The second-order valence-electron chi connectivity index (χ2n) is 3.03. The molecule has 2 N–H and O–H groups in total. The lowest BCUT2D eigenvalue weighted by Crippen LogP contribution is -2.31. The number of hydrogen-bond acceptors (Lipinski definition) is 3. The Labute approximate surface area is 89.0 Å². The SMILES string of the molecule is CC(NC(=O)OCC(F)(F)F)c1ncc[nH]1. The van der Waals surface area contributed by atoms with Gasteiger partial charge in [0.1, 0.15) is 5.82 Å². The molecule has 16 heavy (non-hydrogen) atoms. The first-order valence-corrected chi connectivity index (χ1v) is 4.38. The fourth-order valence-electron chi connectivity index (χ4n) is 0.948. The van der Waals surface area contributed by atoms with Gasteiger partial charge in [-0.15, -0.1) is 0 Å². The highest BCUT2D eigenvalue weighted by Gasteiger charge is 2.29. The molecule has 1 heterocycles. The Bertz CT molecular complexity index is 337. The normalized spacial score (nSPS) is 13.2. The Morgan fingerprint density at radius 1 is 1.69 bits per heavy atom. The van der Waals surface area contributed by atoms with Gasteiger partial charge in [0, 0.05) is 12.4 Å². The minimum Gasteiger partial charge on any atom is -0.440 e. The maximum Gasteiger partial charge on any atom is 0.422 e. The Kier molecular flexibility index (Phi) is 3.75. The zero-order chi connectivity index (χ0) is 12.2. The molecule has 0 aromatic carbocycles. The van der Waals surface area contributed by atoms with Crippen LogP contribution in [-0.2, 0) is 4.74 Å². The van der Waals surface area contributed by atoms with Gasteiger partial charge in [-0.1, -0.05) is 0 Å². The summed E-state index contributed by atoms with van der Waals surface area (Å²) in [6.07, 6.45) is -2.66. The number of carbonyl (C=O) groups is 1. The number of nitrogens with one attached hydrogen (secondary N) is 2. The van der Waals surface area contributed by atoms with Crippen LogP contribution in [0.15, 0.2) is 12.4 Å². The molecule has 0 spiro atoms. The first-order valence-electron chi connectivity index (χ1n) is 4.38. The molecule has 0 aliphatic rings. The molecule has 0 bridgehead atoms. The number of aromatic amines is 1. The maximum absolute atomic E-state index is 11.7. The molecule has 90 valence electrons. The van der Waals surface area contributed by atoms with Crippen LogP contribution in [0.25, 0.3) is 0 Å². The second-order valence-corrected chi connectivity index (χ2v) is 3.03. The molecular weight excluding hydrogens is 227 g/mol. The van der Waals surface area contributed by atoms with Crippen LogP contribution in [0.1, 0.15) is 18.8 Å². The number of halogens is 3. The van der Waals surface area contributed by atoms with Gasteiger partial charge in [0.2, 0.25) is 0 Å². The van der Waals surface area contributed by atoms with Crippen molar-refractivity contribution in [2.45, 2.75) is 19.1 Å².